The molecule has 0 aromatic carbocycles. The molecule has 4 rings (SSSR count). The molecule has 0 bridgehead atoms. The van der Waals surface area contributed by atoms with E-state index in [-0.39, 0.29) is 30.0 Å². The molecular weight excluding hydrogens is 412 g/mol. The number of Topliss-reactive ketones (excluding diaryl/α,β-unsaturated/α-hetero) is 1. The largest absolute Gasteiger partial charge is 0.472 e. The molecule has 8 atom stereocenters. The topological polar surface area (TPSA) is 103 Å². The first-order valence-electron chi connectivity index (χ1n) is 11.2. The highest BCUT2D eigenvalue weighted by Gasteiger charge is 2.64. The second kappa shape index (κ2) is 8.08. The molecule has 32 heavy (non-hydrogen) atoms. The van der Waals surface area contributed by atoms with Crippen molar-refractivity contribution in [2.24, 2.45) is 29.1 Å². The maximum atomic E-state index is 13.7. The zero-order valence-corrected chi connectivity index (χ0v) is 18.7. The third kappa shape index (κ3) is 3.45. The molecule has 0 amide bonds. The predicted molar refractivity (Wildman–Crippen MR) is 113 cm³/mol. The van der Waals surface area contributed by atoms with Crippen molar-refractivity contribution in [3.8, 4) is 12.3 Å². The summed E-state index contributed by atoms with van der Waals surface area (Å²) in [6.07, 6.45) is 10.3. The molecule has 3 aliphatic rings. The Morgan fingerprint density at radius 1 is 1.34 bits per heavy atom. The summed E-state index contributed by atoms with van der Waals surface area (Å²) in [5.74, 6) is -0.353. The van der Waals surface area contributed by atoms with Gasteiger partial charge in [0.2, 0.25) is 0 Å². The number of aliphatic hydroxyl groups is 1. The molecule has 1 heterocycles. The number of carbonyl (C=O) groups is 3. The smallest absolute Gasteiger partial charge is 0.309 e. The maximum Gasteiger partial charge on any atom is 0.309 e. The number of hydrogen-bond donors (Lipinski definition) is 1. The number of hydrogen-bond acceptors (Lipinski definition) is 7. The number of furan rings is 1. The summed E-state index contributed by atoms with van der Waals surface area (Å²) in [5, 5.41) is 11.5. The summed E-state index contributed by atoms with van der Waals surface area (Å²) in [6.45, 7) is 3.21. The lowest BCUT2D eigenvalue weighted by Crippen LogP contribution is -2.63. The van der Waals surface area contributed by atoms with E-state index in [1.807, 2.05) is 13.0 Å². The normalized spacial score (nSPS) is 41.0. The lowest BCUT2D eigenvalue weighted by Gasteiger charge is -2.59. The number of methoxy groups -OCH3 is 1. The minimum absolute atomic E-state index is 0.0862. The van der Waals surface area contributed by atoms with Crippen LogP contribution in [0.4, 0.5) is 0 Å². The van der Waals surface area contributed by atoms with Gasteiger partial charge in [-0.05, 0) is 54.6 Å². The highest BCUT2D eigenvalue weighted by Crippen LogP contribution is 2.62. The predicted octanol–water partition coefficient (Wildman–Crippen LogP) is 2.86. The van der Waals surface area contributed by atoms with Crippen molar-refractivity contribution in [1.82, 2.24) is 0 Å². The van der Waals surface area contributed by atoms with Crippen LogP contribution in [0.15, 0.2) is 23.0 Å². The molecule has 172 valence electrons. The number of fused-ring (bicyclic) bond motifs is 3. The number of esters is 2. The Morgan fingerprint density at radius 2 is 2.09 bits per heavy atom. The standard InChI is InChI=1S/C25H30O7/c1-5-25(29)12-16(15-7-9-31-13-15)10-17-18(25)6-8-24(3)19(23(28)30-4)11-20(32-14(2)26)22(27)21(17)24/h1,7,9,13,16-21,29H,6,8,10-12H2,2-4H3/t16-,17+,18-,19+,20+,21+,24+,25-/m1/s1. The van der Waals surface area contributed by atoms with E-state index in [4.69, 9.17) is 20.3 Å². The van der Waals surface area contributed by atoms with Crippen LogP contribution < -0.4 is 0 Å². The molecule has 3 saturated carbocycles. The molecule has 3 aliphatic carbocycles. The molecule has 0 aliphatic heterocycles. The Hall–Kier alpha value is -2.59. The van der Waals surface area contributed by atoms with Crippen LogP contribution in [0, 0.1) is 41.4 Å². The zero-order valence-electron chi connectivity index (χ0n) is 18.7. The van der Waals surface area contributed by atoms with E-state index < -0.39 is 40.9 Å². The van der Waals surface area contributed by atoms with Crippen molar-refractivity contribution in [2.45, 2.75) is 63.6 Å². The number of terminal acetylenes is 1. The first kappa shape index (κ1) is 22.6. The summed E-state index contributed by atoms with van der Waals surface area (Å²) in [6, 6.07) is 1.85. The monoisotopic (exact) mass is 442 g/mol. The van der Waals surface area contributed by atoms with E-state index in [9.17, 15) is 19.5 Å². The molecule has 3 fully saturated rings. The Balaban J connectivity index is 1.79. The van der Waals surface area contributed by atoms with E-state index in [2.05, 4.69) is 5.92 Å². The average molecular weight is 443 g/mol. The van der Waals surface area contributed by atoms with Crippen LogP contribution in [0.3, 0.4) is 0 Å². The molecule has 0 unspecified atom stereocenters. The van der Waals surface area contributed by atoms with Crippen molar-refractivity contribution in [2.75, 3.05) is 7.11 Å². The number of rotatable bonds is 3. The van der Waals surface area contributed by atoms with E-state index in [0.717, 1.165) is 5.56 Å². The van der Waals surface area contributed by atoms with Gasteiger partial charge in [-0.2, -0.15) is 0 Å². The SMILES string of the molecule is C#C[C@@]1(O)C[C@H](c2ccoc2)C[C@@H]2[C@H]3C(=O)[C@@H](OC(C)=O)C[C@@H](C(=O)OC)[C@]3(C)CC[C@H]21. The van der Waals surface area contributed by atoms with Crippen molar-refractivity contribution in [1.29, 1.82) is 0 Å². The lowest BCUT2D eigenvalue weighted by atomic mass is 9.44. The Kier molecular flexibility index (Phi) is 5.70. The fraction of sp³-hybridized carbons (Fsp3) is 0.640. The van der Waals surface area contributed by atoms with Gasteiger partial charge in [0.1, 0.15) is 5.60 Å². The van der Waals surface area contributed by atoms with Gasteiger partial charge in [0, 0.05) is 25.2 Å². The highest BCUT2D eigenvalue weighted by atomic mass is 16.5. The van der Waals surface area contributed by atoms with Gasteiger partial charge in [-0.25, -0.2) is 0 Å². The summed E-state index contributed by atoms with van der Waals surface area (Å²) in [5.41, 5.74) is -1.12. The summed E-state index contributed by atoms with van der Waals surface area (Å²) in [7, 11) is 1.33. The van der Waals surface area contributed by atoms with Crippen LogP contribution in [-0.2, 0) is 23.9 Å². The van der Waals surface area contributed by atoms with E-state index in [1.165, 1.54) is 14.0 Å². The van der Waals surface area contributed by atoms with Gasteiger partial charge < -0.3 is 19.0 Å². The van der Waals surface area contributed by atoms with Gasteiger partial charge in [-0.3, -0.25) is 14.4 Å². The fourth-order valence-electron chi connectivity index (χ4n) is 6.86. The molecule has 1 N–H and O–H groups in total. The first-order chi connectivity index (χ1) is 15.1. The maximum absolute atomic E-state index is 13.7. The number of ketones is 1. The Morgan fingerprint density at radius 3 is 2.69 bits per heavy atom. The highest BCUT2D eigenvalue weighted by molar-refractivity contribution is 5.91. The van der Waals surface area contributed by atoms with Gasteiger partial charge in [0.15, 0.2) is 11.9 Å². The Labute approximate surface area is 187 Å². The van der Waals surface area contributed by atoms with Crippen LogP contribution in [0.1, 0.15) is 57.4 Å². The molecule has 1 aromatic heterocycles. The van der Waals surface area contributed by atoms with Crippen LogP contribution >= 0.6 is 0 Å². The second-order valence-corrected chi connectivity index (χ2v) is 9.87. The molecule has 0 radical (unpaired) electrons. The minimum atomic E-state index is -1.37. The second-order valence-electron chi connectivity index (χ2n) is 9.87. The third-order valence-corrected chi connectivity index (χ3v) is 8.31. The quantitative estimate of drug-likeness (QED) is 0.567. The first-order valence-corrected chi connectivity index (χ1v) is 11.2. The van der Waals surface area contributed by atoms with Crippen molar-refractivity contribution >= 4 is 17.7 Å². The molecule has 7 nitrogen and oxygen atoms in total. The van der Waals surface area contributed by atoms with Gasteiger partial charge in [0.05, 0.1) is 25.6 Å². The van der Waals surface area contributed by atoms with Crippen LogP contribution in [-0.4, -0.2) is 41.6 Å². The third-order valence-electron chi connectivity index (χ3n) is 8.31. The molecule has 0 spiro atoms. The average Bonchev–Trinajstić information content (AvgIpc) is 3.29. The van der Waals surface area contributed by atoms with Gasteiger partial charge in [0.25, 0.3) is 0 Å². The van der Waals surface area contributed by atoms with Crippen LogP contribution in [0.5, 0.6) is 0 Å². The van der Waals surface area contributed by atoms with Crippen LogP contribution in [0.2, 0.25) is 0 Å². The van der Waals surface area contributed by atoms with Crippen molar-refractivity contribution < 1.29 is 33.4 Å². The van der Waals surface area contributed by atoms with Gasteiger partial charge >= 0.3 is 11.9 Å². The molecule has 0 saturated heterocycles. The number of carbonyl (C=O) groups excluding carboxylic acids is 3. The van der Waals surface area contributed by atoms with E-state index in [1.54, 1.807) is 12.5 Å². The fourth-order valence-corrected chi connectivity index (χ4v) is 6.86. The van der Waals surface area contributed by atoms with Crippen LogP contribution in [0.25, 0.3) is 0 Å². The summed E-state index contributed by atoms with van der Waals surface area (Å²) in [4.78, 5) is 38.2. The minimum Gasteiger partial charge on any atom is -0.472 e. The summed E-state index contributed by atoms with van der Waals surface area (Å²) >= 11 is 0. The number of ether oxygens (including phenoxy) is 2. The van der Waals surface area contributed by atoms with E-state index in [0.29, 0.717) is 25.7 Å². The lowest BCUT2D eigenvalue weighted by molar-refractivity contribution is -0.189. The van der Waals surface area contributed by atoms with Gasteiger partial charge in [-0.15, -0.1) is 6.42 Å². The molecule has 1 aromatic rings. The molecular formula is C25H30O7. The zero-order chi connectivity index (χ0) is 23.3. The summed E-state index contributed by atoms with van der Waals surface area (Å²) < 4.78 is 15.7. The van der Waals surface area contributed by atoms with E-state index >= 15 is 0 Å². The van der Waals surface area contributed by atoms with Gasteiger partial charge in [-0.1, -0.05) is 12.8 Å². The Bertz CT molecular complexity index is 944. The van der Waals surface area contributed by atoms with Crippen molar-refractivity contribution in [3.05, 3.63) is 24.2 Å². The van der Waals surface area contributed by atoms with Crippen molar-refractivity contribution in [3.63, 3.8) is 0 Å². The molecule has 7 heteroatoms.